The van der Waals surface area contributed by atoms with Crippen LogP contribution in [0.15, 0.2) is 41.5 Å². The van der Waals surface area contributed by atoms with E-state index >= 15 is 0 Å². The Balaban J connectivity index is 0.00000169. The lowest BCUT2D eigenvalue weighted by Gasteiger charge is -2.17. The molecule has 1 aliphatic rings. The Bertz CT molecular complexity index is 755. The number of aromatic hydroxyl groups is 1. The molecule has 2 heterocycles. The van der Waals surface area contributed by atoms with E-state index in [1.165, 1.54) is 23.4 Å². The molecule has 1 aliphatic heterocycles. The first kappa shape index (κ1) is 22.8. The fourth-order valence-corrected chi connectivity index (χ4v) is 2.66. The van der Waals surface area contributed by atoms with Crippen LogP contribution in [-0.4, -0.2) is 29.2 Å². The molecule has 0 aliphatic carbocycles. The summed E-state index contributed by atoms with van der Waals surface area (Å²) in [5, 5.41) is 26.8. The van der Waals surface area contributed by atoms with Gasteiger partial charge < -0.3 is 15.6 Å². The first-order chi connectivity index (χ1) is 11.6. The van der Waals surface area contributed by atoms with Gasteiger partial charge in [-0.3, -0.25) is 4.84 Å². The number of hydrogen-bond donors (Lipinski definition) is 2. The number of rotatable bonds is 4. The van der Waals surface area contributed by atoms with E-state index in [1.807, 2.05) is 0 Å². The van der Waals surface area contributed by atoms with Gasteiger partial charge in [0, 0.05) is 12.6 Å². The summed E-state index contributed by atoms with van der Waals surface area (Å²) in [6.07, 6.45) is 1.29. The molecule has 1 aromatic heterocycles. The SMILES string of the molecule is Br.Br.[O-][n+]1cccc(O)c1CON1CCN/C1=N\c1c(Cl)cccc1Cl. The summed E-state index contributed by atoms with van der Waals surface area (Å²) in [6.45, 7) is 1.03. The van der Waals surface area contributed by atoms with Gasteiger partial charge in [0.2, 0.25) is 5.96 Å². The Kier molecular flexibility index (Phi) is 8.91. The molecule has 1 fully saturated rings. The Morgan fingerprint density at radius 1 is 1.23 bits per heavy atom. The minimum atomic E-state index is -0.132. The molecule has 3 rings (SSSR count). The summed E-state index contributed by atoms with van der Waals surface area (Å²) < 4.78 is 0.556. The van der Waals surface area contributed by atoms with Gasteiger partial charge >= 0.3 is 0 Å². The first-order valence-electron chi connectivity index (χ1n) is 7.13. The number of benzene rings is 1. The number of guanidine groups is 1. The zero-order valence-electron chi connectivity index (χ0n) is 13.3. The highest BCUT2D eigenvalue weighted by Gasteiger charge is 2.22. The van der Waals surface area contributed by atoms with E-state index in [0.717, 1.165) is 0 Å². The predicted molar refractivity (Wildman–Crippen MR) is 111 cm³/mol. The lowest BCUT2D eigenvalue weighted by molar-refractivity contribution is -0.618. The number of nitrogens with one attached hydrogen (secondary N) is 1. The van der Waals surface area contributed by atoms with Gasteiger partial charge in [-0.1, -0.05) is 29.3 Å². The van der Waals surface area contributed by atoms with Gasteiger partial charge in [-0.05, 0) is 18.2 Å². The van der Waals surface area contributed by atoms with Crippen molar-refractivity contribution in [2.45, 2.75) is 6.61 Å². The molecule has 0 amide bonds. The molecule has 0 spiro atoms. The van der Waals surface area contributed by atoms with Crippen LogP contribution in [0.1, 0.15) is 5.69 Å². The van der Waals surface area contributed by atoms with Crippen molar-refractivity contribution in [3.05, 3.63) is 57.5 Å². The molecule has 1 aromatic carbocycles. The summed E-state index contributed by atoms with van der Waals surface area (Å²) in [7, 11) is 0. The lowest BCUT2D eigenvalue weighted by Crippen LogP contribution is -2.35. The Hall–Kier alpha value is -1.26. The maximum Gasteiger partial charge on any atom is 0.263 e. The average Bonchev–Trinajstić information content (AvgIpc) is 2.98. The molecular formula is C15H16Br2Cl2N4O3. The Morgan fingerprint density at radius 2 is 1.92 bits per heavy atom. The minimum absolute atomic E-state index is 0. The third-order valence-corrected chi connectivity index (χ3v) is 3.99. The molecular weight excluding hydrogens is 515 g/mol. The molecule has 7 nitrogen and oxygen atoms in total. The van der Waals surface area contributed by atoms with Gasteiger partial charge in [-0.15, -0.1) is 34.0 Å². The fraction of sp³-hybridized carbons (Fsp3) is 0.200. The van der Waals surface area contributed by atoms with Gasteiger partial charge in [0.15, 0.2) is 18.6 Å². The summed E-state index contributed by atoms with van der Waals surface area (Å²) in [4.78, 5) is 9.98. The number of hydrogen-bond acceptors (Lipinski definition) is 4. The highest BCUT2D eigenvalue weighted by molar-refractivity contribution is 8.93. The zero-order valence-corrected chi connectivity index (χ0v) is 18.2. The van der Waals surface area contributed by atoms with Crippen molar-refractivity contribution < 1.29 is 14.7 Å². The van der Waals surface area contributed by atoms with Crippen molar-refractivity contribution in [2.75, 3.05) is 13.1 Å². The maximum absolute atomic E-state index is 11.7. The largest absolute Gasteiger partial charge is 0.618 e. The Morgan fingerprint density at radius 3 is 2.58 bits per heavy atom. The highest BCUT2D eigenvalue weighted by atomic mass is 79.9. The molecule has 0 atom stereocenters. The van der Waals surface area contributed by atoms with Crippen LogP contribution in [0.5, 0.6) is 5.75 Å². The first-order valence-corrected chi connectivity index (χ1v) is 7.89. The molecule has 0 saturated carbocycles. The van der Waals surface area contributed by atoms with Gasteiger partial charge in [0.05, 0.1) is 16.6 Å². The summed E-state index contributed by atoms with van der Waals surface area (Å²) in [5.41, 5.74) is 0.541. The van der Waals surface area contributed by atoms with Crippen LogP contribution in [0.3, 0.4) is 0 Å². The molecule has 1 saturated heterocycles. The van der Waals surface area contributed by atoms with Crippen LogP contribution in [0.25, 0.3) is 0 Å². The Labute approximate surface area is 181 Å². The van der Waals surface area contributed by atoms with Crippen molar-refractivity contribution >= 4 is 68.8 Å². The average molecular weight is 531 g/mol. The standard InChI is InChI=1S/C15H14Cl2N4O3.2BrH/c16-10-3-1-4-11(17)14(10)19-15-18-6-8-21(15)24-9-12-13(22)5-2-7-20(12)23;;/h1-5,7,22H,6,8-9H2,(H,18,19);2*1H. The molecule has 26 heavy (non-hydrogen) atoms. The zero-order chi connectivity index (χ0) is 17.1. The van der Waals surface area contributed by atoms with Crippen LogP contribution in [0, 0.1) is 5.21 Å². The molecule has 0 radical (unpaired) electrons. The lowest BCUT2D eigenvalue weighted by atomic mass is 10.3. The van der Waals surface area contributed by atoms with Crippen LogP contribution in [0.2, 0.25) is 10.0 Å². The second-order valence-electron chi connectivity index (χ2n) is 4.97. The van der Waals surface area contributed by atoms with E-state index in [2.05, 4.69) is 10.3 Å². The number of aromatic nitrogens is 1. The predicted octanol–water partition coefficient (Wildman–Crippen LogP) is 3.51. The highest BCUT2D eigenvalue weighted by Crippen LogP contribution is 2.33. The number of pyridine rings is 1. The number of nitrogens with zero attached hydrogens (tertiary/aromatic N) is 3. The summed E-state index contributed by atoms with van der Waals surface area (Å²) in [6, 6.07) is 7.99. The second kappa shape index (κ2) is 10.2. The number of aliphatic imine (C=N–C) groups is 1. The van der Waals surface area contributed by atoms with Gasteiger partial charge in [0.1, 0.15) is 5.69 Å². The molecule has 0 bridgehead atoms. The van der Waals surface area contributed by atoms with Crippen LogP contribution < -0.4 is 10.0 Å². The third-order valence-electron chi connectivity index (χ3n) is 3.38. The third kappa shape index (κ3) is 5.14. The normalized spacial score (nSPS) is 14.5. The van der Waals surface area contributed by atoms with E-state index in [1.54, 1.807) is 18.2 Å². The van der Waals surface area contributed by atoms with Crippen LogP contribution in [0.4, 0.5) is 5.69 Å². The number of para-hydroxylation sites is 1. The maximum atomic E-state index is 11.7. The monoisotopic (exact) mass is 528 g/mol. The van der Waals surface area contributed by atoms with Crippen molar-refractivity contribution in [3.63, 3.8) is 0 Å². The van der Waals surface area contributed by atoms with E-state index in [0.29, 0.717) is 39.5 Å². The van der Waals surface area contributed by atoms with Crippen molar-refractivity contribution in [3.8, 4) is 5.75 Å². The minimum Gasteiger partial charge on any atom is -0.618 e. The molecule has 0 unspecified atom stereocenters. The van der Waals surface area contributed by atoms with Crippen molar-refractivity contribution in [2.24, 2.45) is 4.99 Å². The second-order valence-corrected chi connectivity index (χ2v) is 5.79. The van der Waals surface area contributed by atoms with E-state index in [9.17, 15) is 10.3 Å². The number of hydroxylamine groups is 2. The number of halogens is 4. The quantitative estimate of drug-likeness (QED) is 0.467. The molecule has 2 N–H and O–H groups in total. The van der Waals surface area contributed by atoms with E-state index in [-0.39, 0.29) is 52.0 Å². The van der Waals surface area contributed by atoms with Crippen molar-refractivity contribution in [1.29, 1.82) is 0 Å². The van der Waals surface area contributed by atoms with Crippen LogP contribution in [-0.2, 0) is 11.4 Å². The molecule has 2 aromatic rings. The van der Waals surface area contributed by atoms with Gasteiger partial charge in [0.25, 0.3) is 5.69 Å². The van der Waals surface area contributed by atoms with Gasteiger partial charge in [-0.2, -0.15) is 4.73 Å². The van der Waals surface area contributed by atoms with Crippen molar-refractivity contribution in [1.82, 2.24) is 10.4 Å². The molecule has 11 heteroatoms. The molecule has 142 valence electrons. The fourth-order valence-electron chi connectivity index (χ4n) is 2.17. The van der Waals surface area contributed by atoms with Gasteiger partial charge in [-0.25, -0.2) is 10.1 Å². The smallest absolute Gasteiger partial charge is 0.263 e. The van der Waals surface area contributed by atoms with Crippen LogP contribution >= 0.6 is 57.2 Å². The van der Waals surface area contributed by atoms with E-state index < -0.39 is 0 Å². The summed E-state index contributed by atoms with van der Waals surface area (Å²) in [5.74, 6) is 0.296. The topological polar surface area (TPSA) is 84.0 Å². The summed E-state index contributed by atoms with van der Waals surface area (Å²) >= 11 is 12.2. The van der Waals surface area contributed by atoms with E-state index in [4.69, 9.17) is 28.0 Å².